The van der Waals surface area contributed by atoms with E-state index in [1.807, 2.05) is 23.1 Å². The molecule has 110 valence electrons. The van der Waals surface area contributed by atoms with E-state index in [0.29, 0.717) is 12.4 Å². The number of thioether (sulfide) groups is 1. The van der Waals surface area contributed by atoms with Gasteiger partial charge in [-0.2, -0.15) is 11.8 Å². The number of amides is 1. The predicted molar refractivity (Wildman–Crippen MR) is 81.6 cm³/mol. The second kappa shape index (κ2) is 8.27. The molecule has 2 heterocycles. The van der Waals surface area contributed by atoms with Crippen LogP contribution in [0, 0.1) is 0 Å². The van der Waals surface area contributed by atoms with E-state index in [1.54, 1.807) is 18.0 Å². The molecule has 0 bridgehead atoms. The van der Waals surface area contributed by atoms with Gasteiger partial charge in [0.2, 0.25) is 5.91 Å². The molecule has 0 spiro atoms. The molecule has 0 N–H and O–H groups in total. The van der Waals surface area contributed by atoms with E-state index < -0.39 is 0 Å². The second-order valence-corrected chi connectivity index (χ2v) is 6.15. The molecule has 0 saturated carbocycles. The zero-order chi connectivity index (χ0) is 14.2. The molecule has 1 amide bonds. The number of rotatable bonds is 6. The first kappa shape index (κ1) is 15.3. The molecule has 0 radical (unpaired) electrons. The highest BCUT2D eigenvalue weighted by Gasteiger charge is 2.23. The van der Waals surface area contributed by atoms with Crippen molar-refractivity contribution in [2.24, 2.45) is 0 Å². The molecule has 2 rings (SSSR count). The molecule has 4 nitrogen and oxygen atoms in total. The predicted octanol–water partition coefficient (Wildman–Crippen LogP) is 2.34. The molecule has 1 fully saturated rings. The third-order valence-electron chi connectivity index (χ3n) is 3.35. The molecule has 0 aromatic carbocycles. The van der Waals surface area contributed by atoms with Gasteiger partial charge in [0.1, 0.15) is 0 Å². The van der Waals surface area contributed by atoms with Crippen molar-refractivity contribution in [3.63, 3.8) is 0 Å². The zero-order valence-electron chi connectivity index (χ0n) is 12.0. The van der Waals surface area contributed by atoms with E-state index in [-0.39, 0.29) is 12.0 Å². The van der Waals surface area contributed by atoms with Crippen molar-refractivity contribution >= 4 is 17.7 Å². The molecule has 1 unspecified atom stereocenters. The van der Waals surface area contributed by atoms with Crippen molar-refractivity contribution < 1.29 is 9.53 Å². The highest BCUT2D eigenvalue weighted by Crippen LogP contribution is 2.16. The maximum atomic E-state index is 12.0. The summed E-state index contributed by atoms with van der Waals surface area (Å²) in [7, 11) is 0. The quantitative estimate of drug-likeness (QED) is 0.807. The standard InChI is InChI=1S/C15H22N2O2S/c1-2-20-12-15(18)17-9-5-7-14(10-17)19-11-13-6-3-4-8-16-13/h3-4,6,8,14H,2,5,7,9-12H2,1H3. The molecule has 1 aromatic heterocycles. The normalized spacial score (nSPS) is 19.1. The Kier molecular flexibility index (Phi) is 6.33. The van der Waals surface area contributed by atoms with Crippen molar-refractivity contribution in [1.82, 2.24) is 9.88 Å². The average molecular weight is 294 g/mol. The van der Waals surface area contributed by atoms with Gasteiger partial charge < -0.3 is 9.64 Å². The van der Waals surface area contributed by atoms with E-state index in [9.17, 15) is 4.79 Å². The van der Waals surface area contributed by atoms with Gasteiger partial charge in [0, 0.05) is 19.3 Å². The van der Waals surface area contributed by atoms with Crippen LogP contribution in [-0.4, -0.2) is 46.5 Å². The van der Waals surface area contributed by atoms with Gasteiger partial charge in [0.15, 0.2) is 0 Å². The average Bonchev–Trinajstić information content (AvgIpc) is 2.52. The minimum atomic E-state index is 0.140. The summed E-state index contributed by atoms with van der Waals surface area (Å²) in [5, 5.41) is 0. The summed E-state index contributed by atoms with van der Waals surface area (Å²) in [5.74, 6) is 1.81. The van der Waals surface area contributed by atoms with Gasteiger partial charge in [-0.1, -0.05) is 13.0 Å². The van der Waals surface area contributed by atoms with Gasteiger partial charge in [0.05, 0.1) is 24.2 Å². The van der Waals surface area contributed by atoms with Gasteiger partial charge >= 0.3 is 0 Å². The van der Waals surface area contributed by atoms with Crippen LogP contribution in [0.1, 0.15) is 25.5 Å². The molecule has 1 aromatic rings. The molecular weight excluding hydrogens is 272 g/mol. The van der Waals surface area contributed by atoms with Gasteiger partial charge in [0.25, 0.3) is 0 Å². The van der Waals surface area contributed by atoms with Crippen molar-refractivity contribution in [1.29, 1.82) is 0 Å². The fraction of sp³-hybridized carbons (Fsp3) is 0.600. The summed E-state index contributed by atoms with van der Waals surface area (Å²) in [6.07, 6.45) is 3.96. The fourth-order valence-corrected chi connectivity index (χ4v) is 2.83. The van der Waals surface area contributed by atoms with Crippen LogP contribution in [-0.2, 0) is 16.1 Å². The van der Waals surface area contributed by atoms with Crippen molar-refractivity contribution in [2.75, 3.05) is 24.6 Å². The Morgan fingerprint density at radius 2 is 2.45 bits per heavy atom. The maximum absolute atomic E-state index is 12.0. The minimum absolute atomic E-state index is 0.140. The molecule has 5 heteroatoms. The van der Waals surface area contributed by atoms with E-state index >= 15 is 0 Å². The first-order valence-corrected chi connectivity index (χ1v) is 8.32. The van der Waals surface area contributed by atoms with Gasteiger partial charge in [-0.15, -0.1) is 0 Å². The fourth-order valence-electron chi connectivity index (χ4n) is 2.27. The Hall–Kier alpha value is -1.07. The molecule has 1 atom stereocenters. The highest BCUT2D eigenvalue weighted by atomic mass is 32.2. The number of likely N-dealkylation sites (tertiary alicyclic amines) is 1. The Labute approximate surface area is 124 Å². The molecular formula is C15H22N2O2S. The van der Waals surface area contributed by atoms with Crippen LogP contribution >= 0.6 is 11.8 Å². The lowest BCUT2D eigenvalue weighted by Gasteiger charge is -2.32. The summed E-state index contributed by atoms with van der Waals surface area (Å²) in [6, 6.07) is 5.82. The van der Waals surface area contributed by atoms with E-state index in [2.05, 4.69) is 11.9 Å². The van der Waals surface area contributed by atoms with Crippen molar-refractivity contribution in [3.8, 4) is 0 Å². The lowest BCUT2D eigenvalue weighted by atomic mass is 10.1. The molecule has 1 saturated heterocycles. The number of carbonyl (C=O) groups is 1. The van der Waals surface area contributed by atoms with Crippen molar-refractivity contribution in [3.05, 3.63) is 30.1 Å². The molecule has 1 aliphatic rings. The van der Waals surface area contributed by atoms with Crippen LogP contribution < -0.4 is 0 Å². The van der Waals surface area contributed by atoms with Crippen LogP contribution in [0.3, 0.4) is 0 Å². The molecule has 1 aliphatic heterocycles. The Bertz CT molecular complexity index is 414. The van der Waals surface area contributed by atoms with Gasteiger partial charge in [-0.25, -0.2) is 0 Å². The van der Waals surface area contributed by atoms with E-state index in [0.717, 1.165) is 37.4 Å². The molecule has 20 heavy (non-hydrogen) atoms. The Morgan fingerprint density at radius 3 is 3.20 bits per heavy atom. The number of nitrogens with zero attached hydrogens (tertiary/aromatic N) is 2. The first-order chi connectivity index (χ1) is 9.79. The van der Waals surface area contributed by atoms with Gasteiger partial charge in [-0.05, 0) is 30.7 Å². The van der Waals surface area contributed by atoms with Crippen LogP contribution in [0.5, 0.6) is 0 Å². The summed E-state index contributed by atoms with van der Waals surface area (Å²) >= 11 is 1.68. The Morgan fingerprint density at radius 1 is 1.55 bits per heavy atom. The van der Waals surface area contributed by atoms with E-state index in [1.165, 1.54) is 0 Å². The summed E-state index contributed by atoms with van der Waals surface area (Å²) in [6.45, 7) is 4.19. The van der Waals surface area contributed by atoms with Crippen LogP contribution in [0.4, 0.5) is 0 Å². The second-order valence-electron chi connectivity index (χ2n) is 4.87. The summed E-state index contributed by atoms with van der Waals surface area (Å²) in [5.41, 5.74) is 0.942. The highest BCUT2D eigenvalue weighted by molar-refractivity contribution is 7.99. The number of pyridine rings is 1. The Balaban J connectivity index is 1.77. The zero-order valence-corrected chi connectivity index (χ0v) is 12.8. The van der Waals surface area contributed by atoms with E-state index in [4.69, 9.17) is 4.74 Å². The summed E-state index contributed by atoms with van der Waals surface area (Å²) < 4.78 is 5.89. The number of carbonyl (C=O) groups excluding carboxylic acids is 1. The van der Waals surface area contributed by atoms with Gasteiger partial charge in [-0.3, -0.25) is 9.78 Å². The number of ether oxygens (including phenoxy) is 1. The number of hydrogen-bond donors (Lipinski definition) is 0. The maximum Gasteiger partial charge on any atom is 0.232 e. The molecule has 0 aliphatic carbocycles. The van der Waals surface area contributed by atoms with Crippen molar-refractivity contribution in [2.45, 2.75) is 32.5 Å². The topological polar surface area (TPSA) is 42.4 Å². The number of piperidine rings is 1. The summed E-state index contributed by atoms with van der Waals surface area (Å²) in [4.78, 5) is 18.2. The monoisotopic (exact) mass is 294 g/mol. The minimum Gasteiger partial charge on any atom is -0.370 e. The smallest absolute Gasteiger partial charge is 0.232 e. The van der Waals surface area contributed by atoms with Crippen LogP contribution in [0.15, 0.2) is 24.4 Å². The SMILES string of the molecule is CCSCC(=O)N1CCCC(OCc2ccccn2)C1. The first-order valence-electron chi connectivity index (χ1n) is 7.16. The third kappa shape index (κ3) is 4.80. The third-order valence-corrected chi connectivity index (χ3v) is 4.21. The number of aromatic nitrogens is 1. The largest absolute Gasteiger partial charge is 0.370 e. The van der Waals surface area contributed by atoms with Crippen LogP contribution in [0.2, 0.25) is 0 Å². The van der Waals surface area contributed by atoms with Crippen LogP contribution in [0.25, 0.3) is 0 Å². The lowest BCUT2D eigenvalue weighted by molar-refractivity contribution is -0.132. The number of hydrogen-bond acceptors (Lipinski definition) is 4. The lowest BCUT2D eigenvalue weighted by Crippen LogP contribution is -2.44.